The van der Waals surface area contributed by atoms with Gasteiger partial charge in [-0.1, -0.05) is 23.5 Å². The molecule has 3 saturated heterocycles. The smallest absolute Gasteiger partial charge is 0.317 e. The number of thiazole rings is 1. The van der Waals surface area contributed by atoms with Crippen molar-refractivity contribution in [2.45, 2.75) is 31.2 Å². The summed E-state index contributed by atoms with van der Waals surface area (Å²) in [7, 11) is 0. The summed E-state index contributed by atoms with van der Waals surface area (Å²) in [6, 6.07) is 11.3. The summed E-state index contributed by atoms with van der Waals surface area (Å²) in [6.45, 7) is 1.97. The van der Waals surface area contributed by atoms with Crippen LogP contribution in [0.1, 0.15) is 18.4 Å². The van der Waals surface area contributed by atoms with Gasteiger partial charge >= 0.3 is 6.03 Å². The van der Waals surface area contributed by atoms with E-state index in [4.69, 9.17) is 15.2 Å². The molecule has 160 valence electrons. The van der Waals surface area contributed by atoms with E-state index in [0.29, 0.717) is 49.1 Å². The molecule has 3 aliphatic heterocycles. The summed E-state index contributed by atoms with van der Waals surface area (Å²) in [5, 5.41) is 0.550. The average molecular weight is 439 g/mol. The second kappa shape index (κ2) is 7.78. The lowest BCUT2D eigenvalue weighted by Crippen LogP contribution is -2.72. The maximum atomic E-state index is 11.8. The minimum Gasteiger partial charge on any atom is -0.440 e. The van der Waals surface area contributed by atoms with Gasteiger partial charge in [-0.25, -0.2) is 9.78 Å². The molecule has 6 rings (SSSR count). The molecule has 2 atom stereocenters. The van der Waals surface area contributed by atoms with Crippen molar-refractivity contribution >= 4 is 34.2 Å². The highest BCUT2D eigenvalue weighted by Gasteiger charge is 2.53. The number of rotatable bonds is 6. The van der Waals surface area contributed by atoms with E-state index in [9.17, 15) is 9.59 Å². The number of piperazine rings is 1. The maximum absolute atomic E-state index is 11.8. The number of aromatic nitrogens is 2. The normalized spacial score (nSPS) is 23.1. The Morgan fingerprint density at radius 2 is 2.16 bits per heavy atom. The molecule has 3 aromatic rings. The quantitative estimate of drug-likeness (QED) is 0.588. The Balaban J connectivity index is 1.27. The lowest BCUT2D eigenvalue weighted by molar-refractivity contribution is -0.204. The van der Waals surface area contributed by atoms with Crippen molar-refractivity contribution in [1.29, 1.82) is 0 Å². The number of pyridine rings is 1. The van der Waals surface area contributed by atoms with Gasteiger partial charge in [-0.15, -0.1) is 0 Å². The lowest BCUT2D eigenvalue weighted by Gasteiger charge is -2.56. The molecule has 0 spiro atoms. The predicted molar refractivity (Wildman–Crippen MR) is 114 cm³/mol. The number of primary amides is 1. The minimum absolute atomic E-state index is 0.177. The zero-order chi connectivity index (χ0) is 21.4. The van der Waals surface area contributed by atoms with Gasteiger partial charge in [0.15, 0.2) is 5.65 Å². The van der Waals surface area contributed by atoms with Crippen LogP contribution in [0.4, 0.5) is 4.79 Å². The van der Waals surface area contributed by atoms with Crippen LogP contribution in [0.2, 0.25) is 0 Å². The van der Waals surface area contributed by atoms with Crippen LogP contribution in [0.25, 0.3) is 10.3 Å². The van der Waals surface area contributed by atoms with Crippen LogP contribution in [0.5, 0.6) is 10.9 Å². The molecule has 5 heterocycles. The molecule has 0 saturated carbocycles. The molecule has 0 unspecified atom stereocenters. The molecule has 0 radical (unpaired) electrons. The fourth-order valence-electron chi connectivity index (χ4n) is 4.42. The van der Waals surface area contributed by atoms with E-state index in [2.05, 4.69) is 14.9 Å². The molecular weight excluding hydrogens is 418 g/mol. The Morgan fingerprint density at radius 3 is 2.90 bits per heavy atom. The summed E-state index contributed by atoms with van der Waals surface area (Å²) in [5.41, 5.74) is 6.31. The van der Waals surface area contributed by atoms with Crippen LogP contribution in [0.15, 0.2) is 42.6 Å². The van der Waals surface area contributed by atoms with E-state index < -0.39 is 11.8 Å². The standard InChI is InChI=1S/C21H21N5O4S/c22-19(28)26-11-15-7-8-21(26,29-13-27)12-25(15)10-14-3-5-16(6-4-14)30-20-24-18-17(31-20)2-1-9-23-18/h1-6,9,13,15H,7-8,10-12H2,(H2,22,28)/t15-,21-/m0/s1. The van der Waals surface area contributed by atoms with Crippen LogP contribution in [-0.4, -0.2) is 57.1 Å². The minimum atomic E-state index is -0.980. The number of piperidine rings is 2. The van der Waals surface area contributed by atoms with E-state index in [1.165, 1.54) is 16.2 Å². The molecule has 3 aliphatic rings. The van der Waals surface area contributed by atoms with E-state index in [-0.39, 0.29) is 6.04 Å². The Labute approximate surface area is 182 Å². The number of hydrogen-bond acceptors (Lipinski definition) is 8. The molecule has 31 heavy (non-hydrogen) atoms. The highest BCUT2D eigenvalue weighted by molar-refractivity contribution is 7.20. The van der Waals surface area contributed by atoms with Crippen molar-refractivity contribution in [1.82, 2.24) is 19.8 Å². The Bertz CT molecular complexity index is 1090. The lowest BCUT2D eigenvalue weighted by atomic mass is 9.87. The van der Waals surface area contributed by atoms with Gasteiger partial charge in [0.25, 0.3) is 11.7 Å². The molecule has 1 aromatic carbocycles. The Hall–Kier alpha value is -3.24. The van der Waals surface area contributed by atoms with Crippen LogP contribution < -0.4 is 10.5 Å². The fraction of sp³-hybridized carbons (Fsp3) is 0.333. The number of hydrogen-bond donors (Lipinski definition) is 1. The largest absolute Gasteiger partial charge is 0.440 e. The van der Waals surface area contributed by atoms with Gasteiger partial charge in [0.1, 0.15) is 5.75 Å². The van der Waals surface area contributed by atoms with Crippen LogP contribution in [-0.2, 0) is 16.1 Å². The third-order valence-corrected chi connectivity index (χ3v) is 6.80. The van der Waals surface area contributed by atoms with Gasteiger partial charge in [-0.2, -0.15) is 4.98 Å². The Kier molecular flexibility index (Phi) is 4.95. The zero-order valence-corrected chi connectivity index (χ0v) is 17.5. The second-order valence-corrected chi connectivity index (χ2v) is 8.75. The number of benzene rings is 1. The molecule has 0 aliphatic carbocycles. The Morgan fingerprint density at radius 1 is 1.32 bits per heavy atom. The number of fused-ring (bicyclic) bond motifs is 4. The van der Waals surface area contributed by atoms with Crippen molar-refractivity contribution in [3.63, 3.8) is 0 Å². The molecular formula is C21H21N5O4S. The van der Waals surface area contributed by atoms with Gasteiger partial charge < -0.3 is 15.2 Å². The first kappa shape index (κ1) is 19.7. The van der Waals surface area contributed by atoms with Crippen LogP contribution >= 0.6 is 11.3 Å². The highest BCUT2D eigenvalue weighted by Crippen LogP contribution is 2.38. The first-order chi connectivity index (χ1) is 15.1. The van der Waals surface area contributed by atoms with Gasteiger partial charge in [-0.05, 0) is 36.2 Å². The molecule has 2 amide bonds. The monoisotopic (exact) mass is 439 g/mol. The average Bonchev–Trinajstić information content (AvgIpc) is 3.18. The first-order valence-electron chi connectivity index (χ1n) is 9.97. The summed E-state index contributed by atoms with van der Waals surface area (Å²) >= 11 is 1.45. The second-order valence-electron chi connectivity index (χ2n) is 7.76. The molecule has 2 bridgehead atoms. The van der Waals surface area contributed by atoms with Gasteiger partial charge in [0.2, 0.25) is 5.72 Å². The van der Waals surface area contributed by atoms with Gasteiger partial charge in [-0.3, -0.25) is 14.6 Å². The number of nitrogens with zero attached hydrogens (tertiary/aromatic N) is 4. The van der Waals surface area contributed by atoms with Crippen molar-refractivity contribution in [2.75, 3.05) is 13.1 Å². The topological polar surface area (TPSA) is 111 Å². The van der Waals surface area contributed by atoms with Crippen molar-refractivity contribution in [3.8, 4) is 10.9 Å². The number of carbonyl (C=O) groups excluding carboxylic acids is 2. The number of urea groups is 1. The van der Waals surface area contributed by atoms with E-state index in [1.807, 2.05) is 36.4 Å². The highest BCUT2D eigenvalue weighted by atomic mass is 32.1. The van der Waals surface area contributed by atoms with Crippen LogP contribution in [0, 0.1) is 0 Å². The summed E-state index contributed by atoms with van der Waals surface area (Å²) in [6.07, 6.45) is 3.14. The SMILES string of the molecule is NC(=O)N1C[C@@H]2CC[C@]1(OC=O)CN2Cc1ccc(Oc2nc3ncccc3s2)cc1. The summed E-state index contributed by atoms with van der Waals surface area (Å²) in [4.78, 5) is 35.3. The third kappa shape index (κ3) is 3.68. The third-order valence-electron chi connectivity index (χ3n) is 5.91. The number of carbonyl (C=O) groups is 2. The number of amides is 2. The summed E-state index contributed by atoms with van der Waals surface area (Å²) in [5.74, 6) is 0.698. The van der Waals surface area contributed by atoms with E-state index in [0.717, 1.165) is 16.7 Å². The molecule has 2 aromatic heterocycles. The fourth-order valence-corrected chi connectivity index (χ4v) is 5.22. The molecule has 10 heteroatoms. The van der Waals surface area contributed by atoms with Crippen molar-refractivity contribution in [3.05, 3.63) is 48.2 Å². The number of nitrogens with two attached hydrogens (primary N) is 1. The molecule has 2 N–H and O–H groups in total. The van der Waals surface area contributed by atoms with E-state index in [1.54, 1.807) is 6.20 Å². The maximum Gasteiger partial charge on any atom is 0.317 e. The van der Waals surface area contributed by atoms with Crippen molar-refractivity contribution in [2.24, 2.45) is 5.73 Å². The molecule has 3 fully saturated rings. The van der Waals surface area contributed by atoms with Crippen molar-refractivity contribution < 1.29 is 19.1 Å². The number of ether oxygens (including phenoxy) is 2. The van der Waals surface area contributed by atoms with E-state index >= 15 is 0 Å². The zero-order valence-electron chi connectivity index (χ0n) is 16.6. The summed E-state index contributed by atoms with van der Waals surface area (Å²) < 4.78 is 12.2. The van der Waals surface area contributed by atoms with Crippen LogP contribution in [0.3, 0.4) is 0 Å². The molecule has 9 nitrogen and oxygen atoms in total. The van der Waals surface area contributed by atoms with Gasteiger partial charge in [0, 0.05) is 31.7 Å². The first-order valence-corrected chi connectivity index (χ1v) is 10.8. The predicted octanol–water partition coefficient (Wildman–Crippen LogP) is 2.71. The van der Waals surface area contributed by atoms with Gasteiger partial charge in [0.05, 0.1) is 11.2 Å².